The summed E-state index contributed by atoms with van der Waals surface area (Å²) in [5.41, 5.74) is -0.626. The zero-order valence-corrected chi connectivity index (χ0v) is 24.1. The SMILES string of the molecule is CC(C)C[C@H](CO)N1C(=O)[C@@H]2[C@@H](C(=O)NCc3ccccc3)[C@]3(C)OC2(CC3C)C1C(=O)Nc1ccc(Cl)cc1. The molecule has 0 saturated carbocycles. The molecular formula is C31H38ClN3O5. The smallest absolute Gasteiger partial charge is 0.250 e. The van der Waals surface area contributed by atoms with E-state index in [0.717, 1.165) is 5.56 Å². The number of anilines is 1. The van der Waals surface area contributed by atoms with E-state index in [4.69, 9.17) is 16.3 Å². The van der Waals surface area contributed by atoms with Crippen molar-refractivity contribution in [3.63, 3.8) is 0 Å². The maximum absolute atomic E-state index is 14.4. The largest absolute Gasteiger partial charge is 0.394 e. The van der Waals surface area contributed by atoms with Gasteiger partial charge in [0.1, 0.15) is 11.6 Å². The van der Waals surface area contributed by atoms with Gasteiger partial charge in [-0.3, -0.25) is 14.4 Å². The second-order valence-electron chi connectivity index (χ2n) is 12.1. The van der Waals surface area contributed by atoms with Crippen molar-refractivity contribution in [3.05, 3.63) is 65.2 Å². The third-order valence-electron chi connectivity index (χ3n) is 9.05. The maximum atomic E-state index is 14.4. The number of halogens is 1. The fourth-order valence-electron chi connectivity index (χ4n) is 7.23. The highest BCUT2D eigenvalue weighted by molar-refractivity contribution is 6.30. The zero-order valence-electron chi connectivity index (χ0n) is 23.4. The van der Waals surface area contributed by atoms with Crippen molar-refractivity contribution in [3.8, 4) is 0 Å². The summed E-state index contributed by atoms with van der Waals surface area (Å²) in [5, 5.41) is 16.9. The van der Waals surface area contributed by atoms with E-state index in [0.29, 0.717) is 30.1 Å². The summed E-state index contributed by atoms with van der Waals surface area (Å²) in [7, 11) is 0. The summed E-state index contributed by atoms with van der Waals surface area (Å²) < 4.78 is 6.77. The Morgan fingerprint density at radius 2 is 1.80 bits per heavy atom. The molecule has 9 heteroatoms. The van der Waals surface area contributed by atoms with Gasteiger partial charge in [0.2, 0.25) is 17.7 Å². The number of likely N-dealkylation sites (tertiary alicyclic amines) is 1. The standard InChI is InChI=1S/C31H38ClN3O5/c1-18(2)14-23(17-36)35-26(28(38)34-22-12-10-21(32)11-13-22)31-15-19(3)30(4,40-31)24(25(31)29(35)39)27(37)33-16-20-8-6-5-7-9-20/h5-13,18-19,23-26,36H,14-17H2,1-4H3,(H,33,37)(H,34,38)/t19?,23-,24+,25+,26?,30-,31?/m1/s1. The van der Waals surface area contributed by atoms with E-state index < -0.39 is 41.0 Å². The summed E-state index contributed by atoms with van der Waals surface area (Å²) in [6.45, 7) is 7.95. The Hall–Kier alpha value is -2.94. The van der Waals surface area contributed by atoms with Crippen LogP contribution in [0.15, 0.2) is 54.6 Å². The third kappa shape index (κ3) is 4.70. The molecule has 3 saturated heterocycles. The van der Waals surface area contributed by atoms with Crippen LogP contribution in [-0.4, -0.2) is 57.6 Å². The number of carbonyl (C=O) groups is 3. The summed E-state index contributed by atoms with van der Waals surface area (Å²) in [4.78, 5) is 43.8. The molecule has 3 fully saturated rings. The molecule has 5 rings (SSSR count). The number of benzene rings is 2. The van der Waals surface area contributed by atoms with Crippen LogP contribution in [0.25, 0.3) is 0 Å². The van der Waals surface area contributed by atoms with Crippen molar-refractivity contribution in [2.24, 2.45) is 23.7 Å². The Kier molecular flexibility index (Phi) is 7.72. The highest BCUT2D eigenvalue weighted by Crippen LogP contribution is 2.65. The van der Waals surface area contributed by atoms with Crippen LogP contribution in [0.5, 0.6) is 0 Å². The zero-order chi connectivity index (χ0) is 28.8. The predicted octanol–water partition coefficient (Wildman–Crippen LogP) is 4.01. The molecule has 40 heavy (non-hydrogen) atoms. The van der Waals surface area contributed by atoms with E-state index >= 15 is 0 Å². The van der Waals surface area contributed by atoms with Crippen LogP contribution in [0.4, 0.5) is 5.69 Å². The minimum Gasteiger partial charge on any atom is -0.394 e. The average molecular weight is 568 g/mol. The molecule has 3 aliphatic heterocycles. The second kappa shape index (κ2) is 10.8. The third-order valence-corrected chi connectivity index (χ3v) is 9.30. The molecule has 2 bridgehead atoms. The molecule has 7 atom stereocenters. The molecule has 0 aromatic heterocycles. The molecule has 0 aliphatic carbocycles. The monoisotopic (exact) mass is 567 g/mol. The van der Waals surface area contributed by atoms with Crippen LogP contribution < -0.4 is 10.6 Å². The lowest BCUT2D eigenvalue weighted by molar-refractivity contribution is -0.149. The van der Waals surface area contributed by atoms with E-state index in [-0.39, 0.29) is 30.3 Å². The van der Waals surface area contributed by atoms with Crippen LogP contribution in [-0.2, 0) is 25.7 Å². The first-order valence-corrected chi connectivity index (χ1v) is 14.4. The summed E-state index contributed by atoms with van der Waals surface area (Å²) in [5.74, 6) is -2.50. The first-order chi connectivity index (χ1) is 19.0. The average Bonchev–Trinajstić information content (AvgIpc) is 3.44. The summed E-state index contributed by atoms with van der Waals surface area (Å²) in [6, 6.07) is 14.8. The predicted molar refractivity (Wildman–Crippen MR) is 152 cm³/mol. The van der Waals surface area contributed by atoms with Gasteiger partial charge in [0.05, 0.1) is 30.1 Å². The van der Waals surface area contributed by atoms with Gasteiger partial charge in [0.25, 0.3) is 0 Å². The normalized spacial score (nSPS) is 31.4. The number of hydrogen-bond donors (Lipinski definition) is 3. The molecule has 3 heterocycles. The molecule has 2 aromatic carbocycles. The van der Waals surface area contributed by atoms with E-state index in [1.54, 1.807) is 24.3 Å². The Labute approximate surface area is 240 Å². The Morgan fingerprint density at radius 3 is 2.42 bits per heavy atom. The Bertz CT molecular complexity index is 1270. The molecule has 0 radical (unpaired) electrons. The highest BCUT2D eigenvalue weighted by Gasteiger charge is 2.80. The number of amides is 3. The lowest BCUT2D eigenvalue weighted by Gasteiger charge is -2.37. The molecule has 1 spiro atoms. The minimum absolute atomic E-state index is 0.0764. The number of fused-ring (bicyclic) bond motifs is 1. The molecule has 214 valence electrons. The molecule has 3 aliphatic rings. The first-order valence-electron chi connectivity index (χ1n) is 14.0. The van der Waals surface area contributed by atoms with Gasteiger partial charge in [0, 0.05) is 17.3 Å². The number of carbonyl (C=O) groups excluding carboxylic acids is 3. The molecule has 3 unspecified atom stereocenters. The number of rotatable bonds is 9. The van der Waals surface area contributed by atoms with Gasteiger partial charge in [-0.1, -0.05) is 62.7 Å². The topological polar surface area (TPSA) is 108 Å². The number of aliphatic hydroxyl groups excluding tert-OH is 1. The molecule has 2 aromatic rings. The van der Waals surface area contributed by atoms with Crippen molar-refractivity contribution in [1.82, 2.24) is 10.2 Å². The highest BCUT2D eigenvalue weighted by atomic mass is 35.5. The number of hydrogen-bond acceptors (Lipinski definition) is 5. The number of nitrogens with zero attached hydrogens (tertiary/aromatic N) is 1. The van der Waals surface area contributed by atoms with Crippen LogP contribution in [0.1, 0.15) is 46.1 Å². The van der Waals surface area contributed by atoms with Gasteiger partial charge in [-0.15, -0.1) is 0 Å². The van der Waals surface area contributed by atoms with Gasteiger partial charge < -0.3 is 25.4 Å². The van der Waals surface area contributed by atoms with Gasteiger partial charge in [-0.25, -0.2) is 0 Å². The lowest BCUT2D eigenvalue weighted by atomic mass is 9.62. The molecule has 3 amide bonds. The van der Waals surface area contributed by atoms with Gasteiger partial charge in [0.15, 0.2) is 0 Å². The number of ether oxygens (including phenoxy) is 1. The van der Waals surface area contributed by atoms with Crippen LogP contribution >= 0.6 is 11.6 Å². The van der Waals surface area contributed by atoms with Gasteiger partial charge >= 0.3 is 0 Å². The van der Waals surface area contributed by atoms with Crippen LogP contribution in [0.3, 0.4) is 0 Å². The van der Waals surface area contributed by atoms with Crippen LogP contribution in [0.2, 0.25) is 5.02 Å². The maximum Gasteiger partial charge on any atom is 0.250 e. The van der Waals surface area contributed by atoms with E-state index in [1.807, 2.05) is 58.0 Å². The van der Waals surface area contributed by atoms with Crippen molar-refractivity contribution in [2.45, 2.75) is 70.4 Å². The van der Waals surface area contributed by atoms with E-state index in [9.17, 15) is 19.5 Å². The van der Waals surface area contributed by atoms with Crippen molar-refractivity contribution < 1.29 is 24.2 Å². The van der Waals surface area contributed by atoms with Crippen molar-refractivity contribution in [1.29, 1.82) is 0 Å². The second-order valence-corrected chi connectivity index (χ2v) is 12.6. The van der Waals surface area contributed by atoms with Crippen molar-refractivity contribution >= 4 is 35.0 Å². The molecular weight excluding hydrogens is 530 g/mol. The fourth-order valence-corrected chi connectivity index (χ4v) is 7.35. The van der Waals surface area contributed by atoms with E-state index in [2.05, 4.69) is 10.6 Å². The van der Waals surface area contributed by atoms with Gasteiger partial charge in [-0.2, -0.15) is 0 Å². The Balaban J connectivity index is 1.53. The summed E-state index contributed by atoms with van der Waals surface area (Å²) in [6.07, 6.45) is 0.963. The lowest BCUT2D eigenvalue weighted by Crippen LogP contribution is -2.56. The molecule has 3 N–H and O–H groups in total. The quantitative estimate of drug-likeness (QED) is 0.424. The minimum atomic E-state index is -1.19. The van der Waals surface area contributed by atoms with E-state index in [1.165, 1.54) is 4.90 Å². The fraction of sp³-hybridized carbons (Fsp3) is 0.516. The first kappa shape index (κ1) is 28.6. The van der Waals surface area contributed by atoms with Crippen molar-refractivity contribution in [2.75, 3.05) is 11.9 Å². The number of aliphatic hydroxyl groups is 1. The van der Waals surface area contributed by atoms with Gasteiger partial charge in [-0.05, 0) is 61.4 Å². The number of nitrogens with one attached hydrogen (secondary N) is 2. The summed E-state index contributed by atoms with van der Waals surface area (Å²) >= 11 is 6.04. The molecule has 8 nitrogen and oxygen atoms in total. The Morgan fingerprint density at radius 1 is 1.12 bits per heavy atom. The van der Waals surface area contributed by atoms with Crippen LogP contribution in [0, 0.1) is 23.7 Å².